The molecule has 3 heterocycles. The summed E-state index contributed by atoms with van der Waals surface area (Å²) < 4.78 is 43.7. The number of aromatic nitrogens is 1. The summed E-state index contributed by atoms with van der Waals surface area (Å²) in [4.78, 5) is 20.0. The second-order valence-electron chi connectivity index (χ2n) is 8.18. The Labute approximate surface area is 215 Å². The van der Waals surface area contributed by atoms with Gasteiger partial charge in [-0.3, -0.25) is 9.69 Å². The van der Waals surface area contributed by atoms with Crippen molar-refractivity contribution >= 4 is 65.6 Å². The Morgan fingerprint density at radius 1 is 1.09 bits per heavy atom. The van der Waals surface area contributed by atoms with E-state index in [1.54, 1.807) is 12.1 Å². The molecule has 1 aliphatic heterocycles. The smallest absolute Gasteiger partial charge is 0.253 e. The number of amides is 1. The number of rotatable bonds is 6. The van der Waals surface area contributed by atoms with Gasteiger partial charge in [0, 0.05) is 6.54 Å². The van der Waals surface area contributed by atoms with Gasteiger partial charge >= 0.3 is 0 Å². The first-order chi connectivity index (χ1) is 16.8. The highest BCUT2D eigenvalue weighted by Crippen LogP contribution is 2.35. The van der Waals surface area contributed by atoms with Gasteiger partial charge in [-0.25, -0.2) is 17.8 Å². The maximum atomic E-state index is 14.4. The maximum Gasteiger partial charge on any atom is 0.253 e. The minimum absolute atomic E-state index is 0.110. The number of sulfonamides is 1. The van der Waals surface area contributed by atoms with Crippen LogP contribution in [0.2, 0.25) is 4.34 Å². The fourth-order valence-corrected chi connectivity index (χ4v) is 8.44. The predicted octanol–water partition coefficient (Wildman–Crippen LogP) is 5.93. The molecule has 1 aliphatic rings. The van der Waals surface area contributed by atoms with Crippen LogP contribution in [0.5, 0.6) is 0 Å². The lowest BCUT2D eigenvalue weighted by molar-refractivity contribution is -0.123. The molecule has 0 bridgehead atoms. The minimum Gasteiger partial charge on any atom is -0.282 e. The molecule has 0 aliphatic carbocycles. The SMILES string of the molecule is O=C(C1CCCCN1S(=O)(=O)c1ccc(Cl)s1)N(Cc1ccccc1)c1nc2c(F)cccc2s1. The molecular formula is C24H21ClFN3O3S3. The topological polar surface area (TPSA) is 70.6 Å². The average Bonchev–Trinajstić information content (AvgIpc) is 3.50. The normalized spacial score (nSPS) is 17.0. The maximum absolute atomic E-state index is 14.4. The lowest BCUT2D eigenvalue weighted by Gasteiger charge is -2.35. The molecule has 4 aromatic rings. The Morgan fingerprint density at radius 2 is 1.89 bits per heavy atom. The van der Waals surface area contributed by atoms with E-state index in [1.165, 1.54) is 38.7 Å². The van der Waals surface area contributed by atoms with E-state index in [1.807, 2.05) is 30.3 Å². The van der Waals surface area contributed by atoms with Gasteiger partial charge in [0.25, 0.3) is 10.0 Å². The molecular weight excluding hydrogens is 529 g/mol. The van der Waals surface area contributed by atoms with Crippen molar-refractivity contribution in [3.05, 3.63) is 76.4 Å². The van der Waals surface area contributed by atoms with Gasteiger partial charge in [0.05, 0.1) is 15.6 Å². The second-order valence-corrected chi connectivity index (χ2v) is 13.0. The van der Waals surface area contributed by atoms with Crippen LogP contribution >= 0.6 is 34.3 Å². The number of carbonyl (C=O) groups excluding carboxylic acids is 1. The van der Waals surface area contributed by atoms with Gasteiger partial charge in [0.15, 0.2) is 5.13 Å². The predicted molar refractivity (Wildman–Crippen MR) is 138 cm³/mol. The highest BCUT2D eigenvalue weighted by molar-refractivity contribution is 7.91. The number of benzene rings is 2. The van der Waals surface area contributed by atoms with Crippen molar-refractivity contribution in [2.24, 2.45) is 0 Å². The average molecular weight is 550 g/mol. The minimum atomic E-state index is -3.91. The van der Waals surface area contributed by atoms with Crippen LogP contribution in [0.25, 0.3) is 10.2 Å². The number of hydrogen-bond acceptors (Lipinski definition) is 6. The van der Waals surface area contributed by atoms with Crippen molar-refractivity contribution in [3.8, 4) is 0 Å². The van der Waals surface area contributed by atoms with Crippen LogP contribution in [-0.4, -0.2) is 36.2 Å². The molecule has 1 amide bonds. The lowest BCUT2D eigenvalue weighted by atomic mass is 10.0. The number of thiophene rings is 1. The Kier molecular flexibility index (Phi) is 6.91. The molecule has 6 nitrogen and oxygen atoms in total. The molecule has 11 heteroatoms. The number of carbonyl (C=O) groups is 1. The summed E-state index contributed by atoms with van der Waals surface area (Å²) in [6.07, 6.45) is 1.77. The van der Waals surface area contributed by atoms with Crippen LogP contribution in [-0.2, 0) is 21.4 Å². The first-order valence-electron chi connectivity index (χ1n) is 11.0. The summed E-state index contributed by atoms with van der Waals surface area (Å²) in [5.41, 5.74) is 1.05. The third-order valence-electron chi connectivity index (χ3n) is 5.89. The quantitative estimate of drug-likeness (QED) is 0.299. The van der Waals surface area contributed by atoms with Crippen molar-refractivity contribution in [2.45, 2.75) is 36.1 Å². The van der Waals surface area contributed by atoms with E-state index in [0.717, 1.165) is 23.3 Å². The molecule has 182 valence electrons. The van der Waals surface area contributed by atoms with Crippen molar-refractivity contribution in [3.63, 3.8) is 0 Å². The van der Waals surface area contributed by atoms with E-state index in [-0.39, 0.29) is 28.7 Å². The van der Waals surface area contributed by atoms with Crippen LogP contribution in [0.15, 0.2) is 64.9 Å². The number of halogens is 2. The van der Waals surface area contributed by atoms with Crippen molar-refractivity contribution in [2.75, 3.05) is 11.4 Å². The zero-order valence-corrected chi connectivity index (χ0v) is 21.6. The van der Waals surface area contributed by atoms with Crippen LogP contribution in [0.3, 0.4) is 0 Å². The number of piperidine rings is 1. The largest absolute Gasteiger partial charge is 0.282 e. The molecule has 0 radical (unpaired) electrons. The standard InChI is InChI=1S/C24H21ClFN3O3S3/c25-20-12-13-21(34-20)35(31,32)29-14-5-4-10-18(29)23(30)28(15-16-7-2-1-3-8-16)24-27-22-17(26)9-6-11-19(22)33-24/h1-3,6-9,11-13,18H,4-5,10,14-15H2. The molecule has 5 rings (SSSR count). The molecule has 1 unspecified atom stereocenters. The lowest BCUT2D eigenvalue weighted by Crippen LogP contribution is -2.52. The monoisotopic (exact) mass is 549 g/mol. The van der Waals surface area contributed by atoms with Crippen molar-refractivity contribution in [1.29, 1.82) is 0 Å². The number of thiazole rings is 1. The van der Waals surface area contributed by atoms with E-state index < -0.39 is 21.9 Å². The van der Waals surface area contributed by atoms with Crippen LogP contribution in [0.4, 0.5) is 9.52 Å². The number of fused-ring (bicyclic) bond motifs is 1. The first kappa shape index (κ1) is 24.3. The summed E-state index contributed by atoms with van der Waals surface area (Å²) in [7, 11) is -3.91. The van der Waals surface area contributed by atoms with Gasteiger partial charge < -0.3 is 0 Å². The summed E-state index contributed by atoms with van der Waals surface area (Å²) >= 11 is 8.18. The van der Waals surface area contributed by atoms with Gasteiger partial charge in [-0.1, -0.05) is 65.8 Å². The number of nitrogens with zero attached hydrogens (tertiary/aromatic N) is 3. The zero-order chi connectivity index (χ0) is 24.6. The highest BCUT2D eigenvalue weighted by atomic mass is 35.5. The first-order valence-corrected chi connectivity index (χ1v) is 14.5. The van der Waals surface area contributed by atoms with E-state index in [9.17, 15) is 17.6 Å². The zero-order valence-electron chi connectivity index (χ0n) is 18.4. The molecule has 1 atom stereocenters. The Bertz CT molecular complexity index is 1470. The Morgan fingerprint density at radius 3 is 2.60 bits per heavy atom. The van der Waals surface area contributed by atoms with E-state index in [2.05, 4.69) is 4.98 Å². The molecule has 2 aromatic heterocycles. The summed E-state index contributed by atoms with van der Waals surface area (Å²) in [5.74, 6) is -0.840. The Hall–Kier alpha value is -2.37. The summed E-state index contributed by atoms with van der Waals surface area (Å²) in [5, 5.41) is 0.334. The van der Waals surface area contributed by atoms with Gasteiger partial charge in [-0.2, -0.15) is 4.31 Å². The fourth-order valence-electron chi connectivity index (χ4n) is 4.20. The van der Waals surface area contributed by atoms with E-state index in [0.29, 0.717) is 27.0 Å². The van der Waals surface area contributed by atoms with Crippen molar-refractivity contribution in [1.82, 2.24) is 9.29 Å². The van der Waals surface area contributed by atoms with Crippen molar-refractivity contribution < 1.29 is 17.6 Å². The van der Waals surface area contributed by atoms with Crippen LogP contribution < -0.4 is 4.90 Å². The van der Waals surface area contributed by atoms with Gasteiger partial charge in [-0.15, -0.1) is 11.3 Å². The Balaban J connectivity index is 1.55. The summed E-state index contributed by atoms with van der Waals surface area (Å²) in [6, 6.07) is 16.2. The third kappa shape index (κ3) is 4.85. The van der Waals surface area contributed by atoms with Gasteiger partial charge in [-0.05, 0) is 42.7 Å². The van der Waals surface area contributed by atoms with Gasteiger partial charge in [0.2, 0.25) is 5.91 Å². The molecule has 0 spiro atoms. The van der Waals surface area contributed by atoms with Crippen LogP contribution in [0.1, 0.15) is 24.8 Å². The van der Waals surface area contributed by atoms with Crippen LogP contribution in [0, 0.1) is 5.82 Å². The second kappa shape index (κ2) is 9.94. The third-order valence-corrected chi connectivity index (χ3v) is 10.5. The number of para-hydroxylation sites is 1. The highest BCUT2D eigenvalue weighted by Gasteiger charge is 2.41. The van der Waals surface area contributed by atoms with E-state index >= 15 is 0 Å². The molecule has 0 N–H and O–H groups in total. The molecule has 35 heavy (non-hydrogen) atoms. The molecule has 1 saturated heterocycles. The fraction of sp³-hybridized carbons (Fsp3) is 0.250. The molecule has 1 fully saturated rings. The van der Waals surface area contributed by atoms with E-state index in [4.69, 9.17) is 11.6 Å². The summed E-state index contributed by atoms with van der Waals surface area (Å²) in [6.45, 7) is 0.429. The molecule has 0 saturated carbocycles. The molecule has 2 aromatic carbocycles. The number of hydrogen-bond donors (Lipinski definition) is 0. The number of anilines is 1. The van der Waals surface area contributed by atoms with Gasteiger partial charge in [0.1, 0.15) is 21.6 Å².